The normalized spacial score (nSPS) is 13.4. The van der Waals surface area contributed by atoms with Crippen molar-refractivity contribution in [3.8, 4) is 0 Å². The summed E-state index contributed by atoms with van der Waals surface area (Å²) in [7, 11) is 0.889. The third-order valence-electron chi connectivity index (χ3n) is 12.3. The summed E-state index contributed by atoms with van der Waals surface area (Å²) in [4.78, 5) is 113. The maximum absolute atomic E-state index is 13.8. The fourth-order valence-electron chi connectivity index (χ4n) is 8.10. The standard InChI is InChI=1S/C16H11ClFN3O2.C14H10ClFN2O4.C13H9ClFNO3.C7H6N4O.CH3NO2/c17-12-6-14-10(5-13(12)18)15(22)11(7-21(14)9-1-2-9)16(23)20-4-3-19-8-20;15-10-4-12-8(3-11(10)16)14(20)9(13(19)6-18(21)22)5-17(12)7-1-2-7;14-9-4-11-7(3-10(9)15)12(17)8(13(18)19)5-16(11)6-1-2-6;12-7(10-3-1-8-5-10)11-4-2-9-6-11;1-2(3)4/h3-9H,1-2H2;3-5,7H,1-2,6H2;3-6H,1-2H2,(H,18,19);1-6H;1H3. The lowest BCUT2D eigenvalue weighted by atomic mass is 10.1. The molecule has 3 aliphatic carbocycles. The number of nitro groups is 2. The highest BCUT2D eigenvalue weighted by atomic mass is 35.5. The summed E-state index contributed by atoms with van der Waals surface area (Å²) >= 11 is 17.3. The van der Waals surface area contributed by atoms with Crippen LogP contribution in [0.5, 0.6) is 0 Å². The number of carbonyl (C=O) groups is 4. The fourth-order valence-corrected chi connectivity index (χ4v) is 8.57. The zero-order valence-corrected chi connectivity index (χ0v) is 43.5. The van der Waals surface area contributed by atoms with Crippen molar-refractivity contribution in [2.75, 3.05) is 13.6 Å². The molecule has 0 saturated heterocycles. The molecule has 0 bridgehead atoms. The molecule has 80 heavy (non-hydrogen) atoms. The first-order valence-electron chi connectivity index (χ1n) is 23.7. The summed E-state index contributed by atoms with van der Waals surface area (Å²) in [6.45, 7) is -0.971. The molecule has 0 spiro atoms. The molecular formula is C51H39Cl3F3N11O12. The molecule has 0 unspecified atom stereocenters. The van der Waals surface area contributed by atoms with Gasteiger partial charge in [-0.3, -0.25) is 57.9 Å². The number of carbonyl (C=O) groups excluding carboxylic acids is 3. The van der Waals surface area contributed by atoms with Gasteiger partial charge in [0.1, 0.15) is 47.6 Å². The van der Waals surface area contributed by atoms with Gasteiger partial charge in [-0.2, -0.15) is 0 Å². The molecule has 29 heteroatoms. The van der Waals surface area contributed by atoms with E-state index in [1.54, 1.807) is 40.1 Å². The highest BCUT2D eigenvalue weighted by Gasteiger charge is 2.30. The van der Waals surface area contributed by atoms with Crippen LogP contribution in [0.3, 0.4) is 0 Å². The second-order valence-corrected chi connectivity index (χ2v) is 19.3. The molecule has 6 aromatic heterocycles. The number of rotatable bonds is 8. The summed E-state index contributed by atoms with van der Waals surface area (Å²) in [6.07, 6.45) is 23.0. The van der Waals surface area contributed by atoms with Crippen LogP contribution in [0.15, 0.2) is 126 Å². The lowest BCUT2D eigenvalue weighted by Crippen LogP contribution is -2.24. The van der Waals surface area contributed by atoms with E-state index in [1.165, 1.54) is 75.7 Å². The van der Waals surface area contributed by atoms with Crippen LogP contribution in [0, 0.1) is 37.7 Å². The van der Waals surface area contributed by atoms with Crippen LogP contribution in [0.2, 0.25) is 15.1 Å². The zero-order valence-electron chi connectivity index (χ0n) is 41.2. The number of carboxylic acid groups (broad SMARTS) is 1. The summed E-state index contributed by atoms with van der Waals surface area (Å²) in [5.74, 6) is -4.85. The van der Waals surface area contributed by atoms with Gasteiger partial charge in [0, 0.05) is 99.9 Å². The number of imidazole rings is 3. The number of ketones is 1. The number of halogens is 6. The maximum Gasteiger partial charge on any atom is 0.341 e. The van der Waals surface area contributed by atoms with Crippen LogP contribution < -0.4 is 16.3 Å². The third kappa shape index (κ3) is 12.9. The van der Waals surface area contributed by atoms with Gasteiger partial charge >= 0.3 is 12.0 Å². The molecule has 0 amide bonds. The van der Waals surface area contributed by atoms with E-state index in [0.717, 1.165) is 63.8 Å². The highest BCUT2D eigenvalue weighted by molar-refractivity contribution is 6.32. The summed E-state index contributed by atoms with van der Waals surface area (Å²) in [5, 5.41) is 28.3. The molecule has 3 aliphatic rings. The predicted molar refractivity (Wildman–Crippen MR) is 283 cm³/mol. The summed E-state index contributed by atoms with van der Waals surface area (Å²) in [6, 6.07) is 7.49. The van der Waals surface area contributed by atoms with Gasteiger partial charge in [-0.1, -0.05) is 34.8 Å². The molecule has 23 nitrogen and oxygen atoms in total. The number of aromatic carboxylic acids is 1. The van der Waals surface area contributed by atoms with Gasteiger partial charge in [0.25, 0.3) is 12.5 Å². The third-order valence-corrected chi connectivity index (χ3v) is 13.1. The van der Waals surface area contributed by atoms with E-state index >= 15 is 0 Å². The Balaban J connectivity index is 0.000000140. The summed E-state index contributed by atoms with van der Waals surface area (Å²) < 4.78 is 50.1. The van der Waals surface area contributed by atoms with Crippen molar-refractivity contribution >= 4 is 91.2 Å². The van der Waals surface area contributed by atoms with Gasteiger partial charge < -0.3 is 18.8 Å². The van der Waals surface area contributed by atoms with Crippen molar-refractivity contribution in [2.24, 2.45) is 0 Å². The van der Waals surface area contributed by atoms with Crippen molar-refractivity contribution in [1.82, 2.24) is 42.4 Å². The lowest BCUT2D eigenvalue weighted by Gasteiger charge is -2.13. The van der Waals surface area contributed by atoms with Crippen LogP contribution >= 0.6 is 34.8 Å². The first-order valence-corrected chi connectivity index (χ1v) is 24.8. The van der Waals surface area contributed by atoms with Crippen molar-refractivity contribution in [3.63, 3.8) is 0 Å². The van der Waals surface area contributed by atoms with Crippen molar-refractivity contribution < 1.29 is 47.3 Å². The Kier molecular flexibility index (Phi) is 17.0. The van der Waals surface area contributed by atoms with Gasteiger partial charge in [0.05, 0.1) is 37.2 Å². The first-order chi connectivity index (χ1) is 38.0. The SMILES string of the molecule is C[N+](=O)[O-].O=C(C[N+](=O)[O-])c1cn(C2CC2)c2cc(Cl)c(F)cc2c1=O.O=C(O)c1cn(C2CC2)c2cc(Cl)c(F)cc2c1=O.O=C(c1cn(C2CC2)c2cc(Cl)c(F)cc2c1=O)n1ccnc1.O=C(n1ccnc1)n1ccnc1. The van der Waals surface area contributed by atoms with Crippen LogP contribution in [0.4, 0.5) is 18.0 Å². The number of pyridine rings is 3. The number of hydrogen-bond donors (Lipinski definition) is 1. The number of benzene rings is 3. The molecule has 3 fully saturated rings. The van der Waals surface area contributed by atoms with E-state index in [2.05, 4.69) is 15.0 Å². The van der Waals surface area contributed by atoms with Crippen LogP contribution in [-0.2, 0) is 0 Å². The Morgan fingerprint density at radius 3 is 1.23 bits per heavy atom. The second kappa shape index (κ2) is 23.8. The largest absolute Gasteiger partial charge is 0.477 e. The molecule has 9 aromatic rings. The van der Waals surface area contributed by atoms with E-state index < -0.39 is 67.8 Å². The zero-order chi connectivity index (χ0) is 57.9. The smallest absolute Gasteiger partial charge is 0.341 e. The van der Waals surface area contributed by atoms with Gasteiger partial charge in [0.2, 0.25) is 22.1 Å². The van der Waals surface area contributed by atoms with Crippen molar-refractivity contribution in [3.05, 3.63) is 211 Å². The van der Waals surface area contributed by atoms with Crippen LogP contribution in [0.25, 0.3) is 32.7 Å². The minimum atomic E-state index is -1.31. The van der Waals surface area contributed by atoms with Crippen LogP contribution in [0.1, 0.15) is 87.7 Å². The van der Waals surface area contributed by atoms with Gasteiger partial charge in [-0.15, -0.1) is 0 Å². The minimum absolute atomic E-state index is 0.00278. The number of fused-ring (bicyclic) bond motifs is 3. The minimum Gasteiger partial charge on any atom is -0.477 e. The van der Waals surface area contributed by atoms with E-state index in [4.69, 9.17) is 50.0 Å². The number of aromatic nitrogens is 9. The molecule has 0 aliphatic heterocycles. The Hall–Kier alpha value is -9.14. The van der Waals surface area contributed by atoms with E-state index in [1.807, 2.05) is 4.57 Å². The number of carboxylic acids is 1. The molecule has 3 aromatic carbocycles. The first kappa shape index (κ1) is 57.0. The molecule has 0 radical (unpaired) electrons. The van der Waals surface area contributed by atoms with Crippen molar-refractivity contribution in [1.29, 1.82) is 0 Å². The molecule has 12 rings (SSSR count). The molecule has 3 saturated carbocycles. The van der Waals surface area contributed by atoms with Gasteiger partial charge in [-0.25, -0.2) is 37.7 Å². The van der Waals surface area contributed by atoms with Crippen LogP contribution in [-0.4, -0.2) is 94.6 Å². The van der Waals surface area contributed by atoms with Gasteiger partial charge in [-0.05, 0) is 74.9 Å². The molecule has 0 atom stereocenters. The van der Waals surface area contributed by atoms with Crippen molar-refractivity contribution in [2.45, 2.75) is 56.7 Å². The second-order valence-electron chi connectivity index (χ2n) is 18.0. The quantitative estimate of drug-likeness (QED) is 0.0843. The Bertz CT molecular complexity index is 4080. The fraction of sp³-hybridized carbons (Fsp3) is 0.216. The Morgan fingerprint density at radius 1 is 0.575 bits per heavy atom. The number of Topliss-reactive ketones (excluding diaryl/α,β-unsaturated/α-hetero) is 1. The maximum atomic E-state index is 13.8. The Morgan fingerprint density at radius 2 is 0.900 bits per heavy atom. The molecule has 6 heterocycles. The predicted octanol–water partition coefficient (Wildman–Crippen LogP) is 8.92. The lowest BCUT2D eigenvalue weighted by molar-refractivity contribution is -0.465. The summed E-state index contributed by atoms with van der Waals surface area (Å²) in [5.41, 5.74) is -1.11. The molecule has 412 valence electrons. The topological polar surface area (TPSA) is 294 Å². The van der Waals surface area contributed by atoms with E-state index in [0.29, 0.717) is 16.6 Å². The average Bonchev–Trinajstić information content (AvgIpc) is 4.42. The van der Waals surface area contributed by atoms with E-state index in [9.17, 15) is 56.8 Å². The average molecular weight is 1160 g/mol. The highest BCUT2D eigenvalue weighted by Crippen LogP contribution is 2.40. The van der Waals surface area contributed by atoms with Gasteiger partial charge in [0.15, 0.2) is 7.05 Å². The van der Waals surface area contributed by atoms with E-state index in [-0.39, 0.29) is 72.1 Å². The molecule has 1 N–H and O–H groups in total. The monoisotopic (exact) mass is 1160 g/mol. The number of nitrogens with zero attached hydrogens (tertiary/aromatic N) is 11. The number of hydrogen-bond acceptors (Lipinski definition) is 14. The Labute approximate surface area is 460 Å². The molecular weight excluding hydrogens is 1120 g/mol.